The number of hydrogen-bond acceptors (Lipinski definition) is 7. The molecule has 1 fully saturated rings. The van der Waals surface area contributed by atoms with E-state index in [0.717, 1.165) is 75.4 Å². The molecule has 1 amide bonds. The molecule has 37 heavy (non-hydrogen) atoms. The minimum Gasteiger partial charge on any atom is -0.497 e. The van der Waals surface area contributed by atoms with Crippen LogP contribution < -0.4 is 25.3 Å². The van der Waals surface area contributed by atoms with Crippen LogP contribution >= 0.6 is 11.6 Å². The lowest BCUT2D eigenvalue weighted by Gasteiger charge is -2.32. The lowest BCUT2D eigenvalue weighted by molar-refractivity contribution is 0.0932. The first-order chi connectivity index (χ1) is 17.9. The van der Waals surface area contributed by atoms with Crippen molar-refractivity contribution in [2.45, 2.75) is 38.7 Å². The summed E-state index contributed by atoms with van der Waals surface area (Å²) in [6, 6.07) is 8.95. The van der Waals surface area contributed by atoms with Gasteiger partial charge in [0.05, 0.1) is 44.2 Å². The van der Waals surface area contributed by atoms with Gasteiger partial charge in [-0.3, -0.25) is 4.79 Å². The largest absolute Gasteiger partial charge is 0.497 e. The predicted molar refractivity (Wildman–Crippen MR) is 147 cm³/mol. The van der Waals surface area contributed by atoms with E-state index in [1.54, 1.807) is 26.4 Å². The van der Waals surface area contributed by atoms with Crippen molar-refractivity contribution in [3.63, 3.8) is 0 Å². The van der Waals surface area contributed by atoms with Gasteiger partial charge in [0.15, 0.2) is 0 Å². The van der Waals surface area contributed by atoms with E-state index in [0.29, 0.717) is 41.1 Å². The number of rotatable bonds is 14. The minimum atomic E-state index is -0.186. The van der Waals surface area contributed by atoms with Gasteiger partial charge < -0.3 is 34.9 Å². The first kappa shape index (κ1) is 28.9. The Labute approximate surface area is 225 Å². The smallest absolute Gasteiger partial charge is 0.255 e. The number of nitrogen functional groups attached to an aromatic ring is 1. The van der Waals surface area contributed by atoms with Crippen LogP contribution in [0, 0.1) is 5.92 Å². The lowest BCUT2D eigenvalue weighted by atomic mass is 9.96. The van der Waals surface area contributed by atoms with Gasteiger partial charge in [0.1, 0.15) is 17.2 Å². The third kappa shape index (κ3) is 8.98. The maximum Gasteiger partial charge on any atom is 0.255 e. The summed E-state index contributed by atoms with van der Waals surface area (Å²) in [4.78, 5) is 15.2. The molecular weight excluding hydrogens is 494 g/mol. The van der Waals surface area contributed by atoms with E-state index in [2.05, 4.69) is 10.2 Å². The zero-order valence-corrected chi connectivity index (χ0v) is 22.9. The average molecular weight is 534 g/mol. The Kier molecular flexibility index (Phi) is 11.6. The van der Waals surface area contributed by atoms with E-state index < -0.39 is 0 Å². The monoisotopic (exact) mass is 533 g/mol. The number of unbranched alkanes of at least 4 members (excludes halogenated alkanes) is 2. The lowest BCUT2D eigenvalue weighted by Crippen LogP contribution is -2.39. The molecule has 9 heteroatoms. The number of carbonyl (C=O) groups is 1. The molecule has 1 aliphatic heterocycles. The van der Waals surface area contributed by atoms with E-state index in [4.69, 9.17) is 36.3 Å². The summed E-state index contributed by atoms with van der Waals surface area (Å²) in [6.07, 6.45) is 5.50. The van der Waals surface area contributed by atoms with Gasteiger partial charge in [-0.2, -0.15) is 0 Å². The molecule has 0 saturated carbocycles. The number of halogens is 1. The summed E-state index contributed by atoms with van der Waals surface area (Å²) in [5.41, 5.74) is 7.66. The van der Waals surface area contributed by atoms with Crippen molar-refractivity contribution >= 4 is 23.2 Å². The van der Waals surface area contributed by atoms with Crippen molar-refractivity contribution < 1.29 is 23.7 Å². The van der Waals surface area contributed by atoms with Crippen molar-refractivity contribution in [1.82, 2.24) is 10.2 Å². The van der Waals surface area contributed by atoms with Crippen molar-refractivity contribution in [2.24, 2.45) is 5.92 Å². The molecule has 8 nitrogen and oxygen atoms in total. The van der Waals surface area contributed by atoms with Crippen LogP contribution in [0.25, 0.3) is 0 Å². The van der Waals surface area contributed by atoms with E-state index in [1.807, 2.05) is 18.2 Å². The fourth-order valence-corrected chi connectivity index (χ4v) is 4.68. The zero-order valence-electron chi connectivity index (χ0n) is 22.2. The highest BCUT2D eigenvalue weighted by molar-refractivity contribution is 6.33. The second kappa shape index (κ2) is 14.9. The van der Waals surface area contributed by atoms with Gasteiger partial charge in [0.2, 0.25) is 0 Å². The molecule has 1 heterocycles. The number of ether oxygens (including phenoxy) is 4. The molecule has 0 bridgehead atoms. The number of nitrogens with zero attached hydrogens (tertiary/aromatic N) is 1. The SMILES string of the molecule is COc1cc(COCCCCCN2CCC(CNC(=O)c3cc(Cl)c(N)cc3OC)CC2)cc(OC)c1. The predicted octanol–water partition coefficient (Wildman–Crippen LogP) is 4.78. The van der Waals surface area contributed by atoms with Crippen LogP contribution in [0.15, 0.2) is 30.3 Å². The molecule has 0 unspecified atom stereocenters. The van der Waals surface area contributed by atoms with Gasteiger partial charge in [-0.05, 0) is 81.4 Å². The number of piperidine rings is 1. The first-order valence-electron chi connectivity index (χ1n) is 12.9. The second-order valence-corrected chi connectivity index (χ2v) is 9.81. The van der Waals surface area contributed by atoms with Gasteiger partial charge >= 0.3 is 0 Å². The summed E-state index contributed by atoms with van der Waals surface area (Å²) in [7, 11) is 4.82. The van der Waals surface area contributed by atoms with Gasteiger partial charge in [0, 0.05) is 25.3 Å². The van der Waals surface area contributed by atoms with E-state index in [9.17, 15) is 4.79 Å². The molecule has 0 atom stereocenters. The Bertz CT molecular complexity index is 989. The van der Waals surface area contributed by atoms with Crippen LogP contribution in [0.5, 0.6) is 17.2 Å². The minimum absolute atomic E-state index is 0.186. The topological polar surface area (TPSA) is 95.3 Å². The summed E-state index contributed by atoms with van der Waals surface area (Å²) in [5, 5.41) is 3.39. The molecule has 0 radical (unpaired) electrons. The van der Waals surface area contributed by atoms with Gasteiger partial charge in [-0.25, -0.2) is 0 Å². The number of amides is 1. The fraction of sp³-hybridized carbons (Fsp3) is 0.536. The van der Waals surface area contributed by atoms with Gasteiger partial charge in [-0.1, -0.05) is 11.6 Å². The summed E-state index contributed by atoms with van der Waals surface area (Å²) in [6.45, 7) is 5.17. The Balaban J connectivity index is 1.26. The highest BCUT2D eigenvalue weighted by Gasteiger charge is 2.21. The van der Waals surface area contributed by atoms with Crippen molar-refractivity contribution in [3.8, 4) is 17.2 Å². The number of carbonyl (C=O) groups excluding carboxylic acids is 1. The maximum atomic E-state index is 12.7. The number of hydrogen-bond donors (Lipinski definition) is 2. The standard InChI is InChI=1S/C28H40ClN3O5/c1-34-22-13-21(14-23(15-22)35-2)19-37-12-6-4-5-9-32-10-7-20(8-11-32)18-31-28(33)24-16-25(29)26(30)17-27(24)36-3/h13-17,20H,4-12,18-19,30H2,1-3H3,(H,31,33). The van der Waals surface area contributed by atoms with Crippen LogP contribution in [0.1, 0.15) is 48.0 Å². The summed E-state index contributed by atoms with van der Waals surface area (Å²) >= 11 is 6.09. The van der Waals surface area contributed by atoms with Crippen LogP contribution in [0.3, 0.4) is 0 Å². The maximum absolute atomic E-state index is 12.7. The van der Waals surface area contributed by atoms with E-state index >= 15 is 0 Å². The molecule has 3 rings (SSSR count). The van der Waals surface area contributed by atoms with Crippen LogP contribution in [0.2, 0.25) is 5.02 Å². The normalized spacial score (nSPS) is 14.4. The average Bonchev–Trinajstić information content (AvgIpc) is 2.92. The number of benzene rings is 2. The van der Waals surface area contributed by atoms with E-state index in [1.165, 1.54) is 7.11 Å². The molecule has 2 aromatic rings. The van der Waals surface area contributed by atoms with Gasteiger partial charge in [-0.15, -0.1) is 0 Å². The number of nitrogens with one attached hydrogen (secondary N) is 1. The highest BCUT2D eigenvalue weighted by Crippen LogP contribution is 2.29. The summed E-state index contributed by atoms with van der Waals surface area (Å²) < 4.78 is 21.8. The summed E-state index contributed by atoms with van der Waals surface area (Å²) in [5.74, 6) is 2.26. The van der Waals surface area contributed by atoms with Gasteiger partial charge in [0.25, 0.3) is 5.91 Å². The molecule has 0 aliphatic carbocycles. The molecule has 0 aromatic heterocycles. The van der Waals surface area contributed by atoms with Crippen molar-refractivity contribution in [3.05, 3.63) is 46.5 Å². The molecule has 3 N–H and O–H groups in total. The number of methoxy groups -OCH3 is 3. The third-order valence-electron chi connectivity index (χ3n) is 6.76. The first-order valence-corrected chi connectivity index (χ1v) is 13.2. The fourth-order valence-electron chi connectivity index (χ4n) is 4.52. The van der Waals surface area contributed by atoms with E-state index in [-0.39, 0.29) is 5.91 Å². The van der Waals surface area contributed by atoms with Crippen molar-refractivity contribution in [1.29, 1.82) is 0 Å². The van der Waals surface area contributed by atoms with Crippen LogP contribution in [-0.2, 0) is 11.3 Å². The number of likely N-dealkylation sites (tertiary alicyclic amines) is 1. The number of nitrogens with two attached hydrogens (primary N) is 1. The molecule has 1 saturated heterocycles. The number of anilines is 1. The molecule has 204 valence electrons. The van der Waals surface area contributed by atoms with Crippen LogP contribution in [-0.4, -0.2) is 64.9 Å². The zero-order chi connectivity index (χ0) is 26.6. The molecule has 1 aliphatic rings. The highest BCUT2D eigenvalue weighted by atomic mass is 35.5. The van der Waals surface area contributed by atoms with Crippen molar-refractivity contribution in [2.75, 3.05) is 59.8 Å². The molecule has 0 spiro atoms. The molecular formula is C28H40ClN3O5. The Morgan fingerprint density at radius 3 is 2.35 bits per heavy atom. The Morgan fingerprint density at radius 1 is 1.00 bits per heavy atom. The Morgan fingerprint density at radius 2 is 1.70 bits per heavy atom. The van der Waals surface area contributed by atoms with Crippen LogP contribution in [0.4, 0.5) is 5.69 Å². The molecule has 2 aromatic carbocycles. The second-order valence-electron chi connectivity index (χ2n) is 9.40. The Hall–Kier alpha value is -2.68. The third-order valence-corrected chi connectivity index (χ3v) is 7.09. The quantitative estimate of drug-likeness (QED) is 0.266.